The molecule has 0 radical (unpaired) electrons. The maximum atomic E-state index is 13.8. The van der Waals surface area contributed by atoms with Gasteiger partial charge in [0.25, 0.3) is 11.5 Å². The summed E-state index contributed by atoms with van der Waals surface area (Å²) in [6, 6.07) is 18.1. The number of benzene rings is 2. The predicted molar refractivity (Wildman–Crippen MR) is 134 cm³/mol. The molecule has 1 unspecified atom stereocenters. The van der Waals surface area contributed by atoms with Crippen molar-refractivity contribution in [2.24, 2.45) is 0 Å². The Balaban J connectivity index is 1.66. The van der Waals surface area contributed by atoms with Gasteiger partial charge in [0.1, 0.15) is 12.4 Å². The lowest BCUT2D eigenvalue weighted by atomic mass is 10.0. The molecule has 0 aliphatic heterocycles. The molecule has 2 aromatic carbocycles. The smallest absolute Gasteiger partial charge is 0.362 e. The normalized spacial score (nSPS) is 11.7. The van der Waals surface area contributed by atoms with Crippen molar-refractivity contribution in [3.63, 3.8) is 0 Å². The van der Waals surface area contributed by atoms with Crippen molar-refractivity contribution in [3.8, 4) is 17.5 Å². The number of fused-ring (bicyclic) bond motifs is 2. The number of amides is 1. The minimum Gasteiger partial charge on any atom is -0.382 e. The average Bonchev–Trinajstić information content (AvgIpc) is 3.20. The number of rotatable bonds is 4. The van der Waals surface area contributed by atoms with Crippen LogP contribution in [0.15, 0.2) is 77.9 Å². The number of anilines is 1. The Bertz CT molecular complexity index is 1710. The van der Waals surface area contributed by atoms with Crippen LogP contribution in [0.25, 0.3) is 22.1 Å². The fourth-order valence-electron chi connectivity index (χ4n) is 4.30. The molecule has 3 aromatic heterocycles. The maximum Gasteiger partial charge on any atom is 0.362 e. The SMILES string of the molecule is CC#Cc1cccc2cc(C(C)NC(=O)c3c(N)[nH][n+]4cccnc34)n(-c3ccccc3)c(=O)c12. The van der Waals surface area contributed by atoms with Gasteiger partial charge in [-0.1, -0.05) is 36.3 Å². The molecule has 5 aromatic rings. The number of para-hydroxylation sites is 1. The van der Waals surface area contributed by atoms with Crippen LogP contribution in [-0.2, 0) is 0 Å². The lowest BCUT2D eigenvalue weighted by molar-refractivity contribution is -0.577. The zero-order valence-electron chi connectivity index (χ0n) is 19.2. The molecule has 1 atom stereocenters. The first-order chi connectivity index (χ1) is 17.0. The van der Waals surface area contributed by atoms with Crippen LogP contribution in [0, 0.1) is 11.8 Å². The van der Waals surface area contributed by atoms with Crippen molar-refractivity contribution in [1.29, 1.82) is 0 Å². The number of nitrogens with two attached hydrogens (primary N) is 1. The van der Waals surface area contributed by atoms with Crippen molar-refractivity contribution < 1.29 is 9.31 Å². The molecule has 0 spiro atoms. The van der Waals surface area contributed by atoms with Crippen LogP contribution in [0.5, 0.6) is 0 Å². The summed E-state index contributed by atoms with van der Waals surface area (Å²) < 4.78 is 3.21. The molecule has 3 heterocycles. The second-order valence-corrected chi connectivity index (χ2v) is 8.10. The van der Waals surface area contributed by atoms with Crippen LogP contribution in [0.3, 0.4) is 0 Å². The fourth-order valence-corrected chi connectivity index (χ4v) is 4.30. The minimum absolute atomic E-state index is 0.202. The number of carbonyl (C=O) groups is 1. The van der Waals surface area contributed by atoms with Crippen LogP contribution < -0.4 is 21.1 Å². The molecule has 0 saturated carbocycles. The number of carbonyl (C=O) groups excluding carboxylic acids is 1. The van der Waals surface area contributed by atoms with Crippen LogP contribution >= 0.6 is 0 Å². The number of nitrogen functional groups attached to an aromatic ring is 1. The molecule has 1 amide bonds. The van der Waals surface area contributed by atoms with Crippen molar-refractivity contribution in [3.05, 3.63) is 100 Å². The summed E-state index contributed by atoms with van der Waals surface area (Å²) in [7, 11) is 0. The lowest BCUT2D eigenvalue weighted by Gasteiger charge is -2.21. The Morgan fingerprint density at radius 3 is 2.74 bits per heavy atom. The van der Waals surface area contributed by atoms with E-state index in [4.69, 9.17) is 5.73 Å². The Morgan fingerprint density at radius 2 is 1.97 bits per heavy atom. The van der Waals surface area contributed by atoms with Gasteiger partial charge in [-0.25, -0.2) is 5.10 Å². The van der Waals surface area contributed by atoms with Gasteiger partial charge in [0.15, 0.2) is 11.4 Å². The Kier molecular flexibility index (Phi) is 5.51. The first-order valence-corrected chi connectivity index (χ1v) is 11.1. The van der Waals surface area contributed by atoms with E-state index in [1.165, 1.54) is 0 Å². The average molecular weight is 464 g/mol. The van der Waals surface area contributed by atoms with E-state index in [9.17, 15) is 9.59 Å². The number of nitrogens with zero attached hydrogens (tertiary/aromatic N) is 3. The molecule has 4 N–H and O–H groups in total. The van der Waals surface area contributed by atoms with Gasteiger partial charge in [-0.15, -0.1) is 10.4 Å². The monoisotopic (exact) mass is 463 g/mol. The Hall–Kier alpha value is -4.90. The minimum atomic E-state index is -0.529. The lowest BCUT2D eigenvalue weighted by Crippen LogP contribution is -2.33. The first-order valence-electron chi connectivity index (χ1n) is 11.1. The Morgan fingerprint density at radius 1 is 1.17 bits per heavy atom. The third kappa shape index (κ3) is 3.79. The molecule has 35 heavy (non-hydrogen) atoms. The van der Waals surface area contributed by atoms with Crippen LogP contribution in [-0.4, -0.2) is 20.6 Å². The van der Waals surface area contributed by atoms with E-state index in [0.29, 0.717) is 28.0 Å². The molecule has 8 nitrogen and oxygen atoms in total. The molecule has 0 bridgehead atoms. The topological polar surface area (TPSA) is 110 Å². The van der Waals surface area contributed by atoms with E-state index in [1.807, 2.05) is 61.5 Å². The van der Waals surface area contributed by atoms with Gasteiger partial charge in [0.05, 0.1) is 11.4 Å². The number of nitrogens with one attached hydrogen (secondary N) is 2. The van der Waals surface area contributed by atoms with Crippen LogP contribution in [0.4, 0.5) is 5.82 Å². The van der Waals surface area contributed by atoms with E-state index in [0.717, 1.165) is 5.39 Å². The summed E-state index contributed by atoms with van der Waals surface area (Å²) in [5.41, 5.74) is 8.53. The highest BCUT2D eigenvalue weighted by Gasteiger charge is 2.27. The molecular weight excluding hydrogens is 440 g/mol. The third-order valence-electron chi connectivity index (χ3n) is 5.85. The molecule has 0 fully saturated rings. The van der Waals surface area contributed by atoms with Crippen molar-refractivity contribution >= 4 is 28.1 Å². The summed E-state index contributed by atoms with van der Waals surface area (Å²) in [6.07, 6.45) is 3.32. The number of hydrogen-bond acceptors (Lipinski definition) is 4. The van der Waals surface area contributed by atoms with Crippen molar-refractivity contribution in [1.82, 2.24) is 20.0 Å². The first kappa shape index (κ1) is 21.9. The van der Waals surface area contributed by atoms with E-state index in [-0.39, 0.29) is 16.9 Å². The van der Waals surface area contributed by atoms with Gasteiger partial charge in [-0.05, 0) is 48.5 Å². The quantitative estimate of drug-likeness (QED) is 0.281. The molecule has 8 heteroatoms. The number of pyridine rings is 1. The van der Waals surface area contributed by atoms with E-state index < -0.39 is 11.9 Å². The largest absolute Gasteiger partial charge is 0.382 e. The Labute approximate surface area is 201 Å². The highest BCUT2D eigenvalue weighted by molar-refractivity contribution is 6.03. The second kappa shape index (κ2) is 8.80. The summed E-state index contributed by atoms with van der Waals surface area (Å²) in [6.45, 7) is 3.57. The van der Waals surface area contributed by atoms with E-state index in [1.54, 1.807) is 34.5 Å². The molecule has 0 aliphatic rings. The zero-order chi connectivity index (χ0) is 24.5. The number of aromatic nitrogens is 4. The van der Waals surface area contributed by atoms with Gasteiger partial charge >= 0.3 is 5.65 Å². The van der Waals surface area contributed by atoms with E-state index >= 15 is 0 Å². The fraction of sp³-hybridized carbons (Fsp3) is 0.111. The highest BCUT2D eigenvalue weighted by Crippen LogP contribution is 2.24. The highest BCUT2D eigenvalue weighted by atomic mass is 16.2. The molecule has 0 aliphatic carbocycles. The van der Waals surface area contributed by atoms with Gasteiger partial charge < -0.3 is 11.1 Å². The molecule has 172 valence electrons. The van der Waals surface area contributed by atoms with Crippen LogP contribution in [0.1, 0.15) is 41.5 Å². The van der Waals surface area contributed by atoms with Gasteiger partial charge in [-0.2, -0.15) is 0 Å². The van der Waals surface area contributed by atoms with Gasteiger partial charge in [0, 0.05) is 23.0 Å². The summed E-state index contributed by atoms with van der Waals surface area (Å²) in [4.78, 5) is 31.4. The van der Waals surface area contributed by atoms with Crippen molar-refractivity contribution in [2.45, 2.75) is 19.9 Å². The number of aromatic amines is 1. The predicted octanol–water partition coefficient (Wildman–Crippen LogP) is 2.90. The van der Waals surface area contributed by atoms with Crippen LogP contribution in [0.2, 0.25) is 0 Å². The third-order valence-corrected chi connectivity index (χ3v) is 5.85. The standard InChI is InChI=1S/C27H22N6O2/c1-3-9-18-10-7-11-19-16-21(33(27(35)22(18)19)20-12-5-4-6-13-20)17(2)30-26(34)23-24(28)31-32-15-8-14-29-25(23)32/h4-8,10-17H,1-2H3,(H3,28,30,31,34)/p+1. The zero-order valence-corrected chi connectivity index (χ0v) is 19.2. The van der Waals surface area contributed by atoms with Crippen molar-refractivity contribution in [2.75, 3.05) is 5.73 Å². The van der Waals surface area contributed by atoms with Gasteiger partial charge in [0.2, 0.25) is 0 Å². The van der Waals surface area contributed by atoms with Gasteiger partial charge in [-0.3, -0.25) is 14.2 Å². The summed E-state index contributed by atoms with van der Waals surface area (Å²) >= 11 is 0. The molecule has 0 saturated heterocycles. The molecular formula is C27H23N6O2+. The number of hydrogen-bond donors (Lipinski definition) is 3. The maximum absolute atomic E-state index is 13.8. The summed E-state index contributed by atoms with van der Waals surface area (Å²) in [5.74, 6) is 5.72. The summed E-state index contributed by atoms with van der Waals surface area (Å²) in [5, 5.41) is 7.19. The van der Waals surface area contributed by atoms with E-state index in [2.05, 4.69) is 27.2 Å². The molecule has 5 rings (SSSR count). The number of H-pyrrole nitrogens is 1. The second-order valence-electron chi connectivity index (χ2n) is 8.10.